The highest BCUT2D eigenvalue weighted by atomic mass is 16.6. The Labute approximate surface area is 106 Å². The molecule has 3 heterocycles. The molecule has 0 saturated carbocycles. The van der Waals surface area contributed by atoms with Gasteiger partial charge in [-0.1, -0.05) is 6.92 Å². The van der Waals surface area contributed by atoms with E-state index < -0.39 is 0 Å². The van der Waals surface area contributed by atoms with Crippen LogP contribution in [0.25, 0.3) is 0 Å². The van der Waals surface area contributed by atoms with Crippen LogP contribution in [0, 0.1) is 0 Å². The first kappa shape index (κ1) is 11.5. The van der Waals surface area contributed by atoms with E-state index in [2.05, 4.69) is 11.9 Å². The van der Waals surface area contributed by atoms with Crippen molar-refractivity contribution in [3.05, 3.63) is 17.7 Å². The summed E-state index contributed by atoms with van der Waals surface area (Å²) in [6.45, 7) is 3.38. The molecule has 1 amide bonds. The lowest BCUT2D eigenvalue weighted by atomic mass is 9.93. The fourth-order valence-corrected chi connectivity index (χ4v) is 2.32. The summed E-state index contributed by atoms with van der Waals surface area (Å²) >= 11 is 0. The van der Waals surface area contributed by atoms with Crippen molar-refractivity contribution in [2.45, 2.75) is 25.4 Å². The third-order valence-electron chi connectivity index (χ3n) is 3.45. The van der Waals surface area contributed by atoms with E-state index >= 15 is 0 Å². The number of anilines is 1. The molecule has 1 aromatic rings. The van der Waals surface area contributed by atoms with Gasteiger partial charge in [0, 0.05) is 12.5 Å². The first-order chi connectivity index (χ1) is 8.69. The van der Waals surface area contributed by atoms with Crippen molar-refractivity contribution < 1.29 is 14.3 Å². The molecule has 0 bridgehead atoms. The lowest BCUT2D eigenvalue weighted by Gasteiger charge is -2.31. The number of carbonyl (C=O) groups is 1. The van der Waals surface area contributed by atoms with Crippen LogP contribution in [0.3, 0.4) is 0 Å². The molecule has 0 aliphatic carbocycles. The zero-order valence-corrected chi connectivity index (χ0v) is 10.5. The van der Waals surface area contributed by atoms with Gasteiger partial charge in [0.1, 0.15) is 5.82 Å². The maximum absolute atomic E-state index is 12.1. The van der Waals surface area contributed by atoms with E-state index in [1.807, 2.05) is 12.1 Å². The second-order valence-electron chi connectivity index (χ2n) is 4.83. The zero-order valence-electron chi connectivity index (χ0n) is 10.5. The van der Waals surface area contributed by atoms with E-state index in [1.54, 1.807) is 12.0 Å². The largest absolute Gasteiger partial charge is 0.481 e. The van der Waals surface area contributed by atoms with Crippen molar-refractivity contribution in [2.24, 2.45) is 0 Å². The average molecular weight is 248 g/mol. The van der Waals surface area contributed by atoms with Crippen LogP contribution in [0.15, 0.2) is 12.1 Å². The van der Waals surface area contributed by atoms with E-state index in [0.29, 0.717) is 18.8 Å². The number of carbonyl (C=O) groups excluding carboxylic acids is 1. The van der Waals surface area contributed by atoms with Crippen LogP contribution in [0.5, 0.6) is 5.88 Å². The van der Waals surface area contributed by atoms with Crippen LogP contribution >= 0.6 is 0 Å². The van der Waals surface area contributed by atoms with Gasteiger partial charge in [0.05, 0.1) is 26.4 Å². The normalized spacial score (nSPS) is 25.9. The van der Waals surface area contributed by atoms with Gasteiger partial charge in [-0.3, -0.25) is 9.69 Å². The second-order valence-corrected chi connectivity index (χ2v) is 4.83. The summed E-state index contributed by atoms with van der Waals surface area (Å²) in [6.07, 6.45) is 0.705. The van der Waals surface area contributed by atoms with Gasteiger partial charge in [0.25, 0.3) is 0 Å². The standard InChI is InChI=1S/C13H16N2O3/c1-8-5-12(16)15(6-9-7-18-9)13-10(8)3-4-11(14-13)17-2/h3-4,8-9H,5-7H2,1-2H3. The molecule has 0 N–H and O–H groups in total. The maximum Gasteiger partial charge on any atom is 0.228 e. The summed E-state index contributed by atoms with van der Waals surface area (Å²) < 4.78 is 10.3. The Hall–Kier alpha value is -1.62. The fraction of sp³-hybridized carbons (Fsp3) is 0.538. The van der Waals surface area contributed by atoms with Gasteiger partial charge < -0.3 is 9.47 Å². The van der Waals surface area contributed by atoms with E-state index in [4.69, 9.17) is 9.47 Å². The van der Waals surface area contributed by atoms with Crippen molar-refractivity contribution >= 4 is 11.7 Å². The molecular formula is C13H16N2O3. The van der Waals surface area contributed by atoms with E-state index in [-0.39, 0.29) is 17.9 Å². The molecular weight excluding hydrogens is 232 g/mol. The number of rotatable bonds is 3. The molecule has 1 saturated heterocycles. The quantitative estimate of drug-likeness (QED) is 0.757. The maximum atomic E-state index is 12.1. The molecule has 0 aromatic carbocycles. The Kier molecular flexibility index (Phi) is 2.70. The number of ether oxygens (including phenoxy) is 2. The van der Waals surface area contributed by atoms with Gasteiger partial charge in [-0.2, -0.15) is 4.98 Å². The molecule has 5 heteroatoms. The Bertz CT molecular complexity index is 485. The topological polar surface area (TPSA) is 55.0 Å². The molecule has 2 aliphatic rings. The lowest BCUT2D eigenvalue weighted by Crippen LogP contribution is -2.39. The highest BCUT2D eigenvalue weighted by molar-refractivity contribution is 5.96. The predicted octanol–water partition coefficient (Wildman–Crippen LogP) is 1.33. The van der Waals surface area contributed by atoms with Crippen LogP contribution in [0.2, 0.25) is 0 Å². The highest BCUT2D eigenvalue weighted by Crippen LogP contribution is 2.36. The van der Waals surface area contributed by atoms with E-state index in [1.165, 1.54) is 0 Å². The van der Waals surface area contributed by atoms with Gasteiger partial charge in [0.2, 0.25) is 11.8 Å². The van der Waals surface area contributed by atoms with Gasteiger partial charge >= 0.3 is 0 Å². The van der Waals surface area contributed by atoms with Crippen LogP contribution in [0.1, 0.15) is 24.8 Å². The van der Waals surface area contributed by atoms with Crippen molar-refractivity contribution in [3.63, 3.8) is 0 Å². The smallest absolute Gasteiger partial charge is 0.228 e. The summed E-state index contributed by atoms with van der Waals surface area (Å²) in [5.41, 5.74) is 1.11. The number of aromatic nitrogens is 1. The molecule has 18 heavy (non-hydrogen) atoms. The highest BCUT2D eigenvalue weighted by Gasteiger charge is 2.35. The second kappa shape index (κ2) is 4.24. The fourth-order valence-electron chi connectivity index (χ4n) is 2.32. The van der Waals surface area contributed by atoms with Gasteiger partial charge in [-0.15, -0.1) is 0 Å². The number of pyridine rings is 1. The molecule has 2 atom stereocenters. The first-order valence-electron chi connectivity index (χ1n) is 6.16. The third kappa shape index (κ3) is 1.95. The number of nitrogens with zero attached hydrogens (tertiary/aromatic N) is 2. The Balaban J connectivity index is 1.99. The van der Waals surface area contributed by atoms with Crippen molar-refractivity contribution in [3.8, 4) is 5.88 Å². The van der Waals surface area contributed by atoms with E-state index in [0.717, 1.165) is 18.0 Å². The van der Waals surface area contributed by atoms with Gasteiger partial charge in [0.15, 0.2) is 0 Å². The van der Waals surface area contributed by atoms with Crippen LogP contribution in [-0.2, 0) is 9.53 Å². The minimum absolute atomic E-state index is 0.117. The molecule has 0 radical (unpaired) electrons. The molecule has 96 valence electrons. The summed E-state index contributed by atoms with van der Waals surface area (Å²) in [6, 6.07) is 3.84. The SMILES string of the molecule is COc1ccc2c(n1)N(CC1CO1)C(=O)CC2C. The minimum atomic E-state index is 0.117. The average Bonchev–Trinajstić information content (AvgIpc) is 3.17. The Morgan fingerprint density at radius 3 is 3.00 bits per heavy atom. The summed E-state index contributed by atoms with van der Waals surface area (Å²) in [5.74, 6) is 1.60. The molecule has 1 fully saturated rings. The van der Waals surface area contributed by atoms with E-state index in [9.17, 15) is 4.79 Å². The van der Waals surface area contributed by atoms with Crippen LogP contribution < -0.4 is 9.64 Å². The molecule has 0 spiro atoms. The number of epoxide rings is 1. The molecule has 1 aromatic heterocycles. The zero-order chi connectivity index (χ0) is 12.7. The molecule has 2 aliphatic heterocycles. The number of hydrogen-bond acceptors (Lipinski definition) is 4. The predicted molar refractivity (Wildman–Crippen MR) is 65.9 cm³/mol. The lowest BCUT2D eigenvalue weighted by molar-refractivity contribution is -0.119. The summed E-state index contributed by atoms with van der Waals surface area (Å²) in [5, 5.41) is 0. The Morgan fingerprint density at radius 1 is 1.56 bits per heavy atom. The number of hydrogen-bond donors (Lipinski definition) is 0. The van der Waals surface area contributed by atoms with Crippen LogP contribution in [0.4, 0.5) is 5.82 Å². The molecule has 2 unspecified atom stereocenters. The van der Waals surface area contributed by atoms with Crippen molar-refractivity contribution in [1.82, 2.24) is 4.98 Å². The monoisotopic (exact) mass is 248 g/mol. The molecule has 3 rings (SSSR count). The third-order valence-corrected chi connectivity index (χ3v) is 3.45. The van der Waals surface area contributed by atoms with Gasteiger partial charge in [-0.05, 0) is 17.5 Å². The van der Waals surface area contributed by atoms with Crippen molar-refractivity contribution in [2.75, 3.05) is 25.2 Å². The minimum Gasteiger partial charge on any atom is -0.481 e. The summed E-state index contributed by atoms with van der Waals surface area (Å²) in [7, 11) is 1.58. The number of fused-ring (bicyclic) bond motifs is 1. The number of amides is 1. The van der Waals surface area contributed by atoms with Gasteiger partial charge in [-0.25, -0.2) is 0 Å². The first-order valence-corrected chi connectivity index (χ1v) is 6.16. The Morgan fingerprint density at radius 2 is 2.33 bits per heavy atom. The molecule has 5 nitrogen and oxygen atoms in total. The van der Waals surface area contributed by atoms with Crippen molar-refractivity contribution in [1.29, 1.82) is 0 Å². The number of methoxy groups -OCH3 is 1. The summed E-state index contributed by atoms with van der Waals surface area (Å²) in [4.78, 5) is 18.3. The van der Waals surface area contributed by atoms with Crippen LogP contribution in [-0.4, -0.2) is 37.3 Å².